The topological polar surface area (TPSA) is 57.0 Å². The molecular formula is C17H15N3O2. The van der Waals surface area contributed by atoms with E-state index < -0.39 is 12.1 Å². The fourth-order valence-corrected chi connectivity index (χ4v) is 2.20. The highest BCUT2D eigenvalue weighted by Gasteiger charge is 2.20. The minimum absolute atomic E-state index is 0.404. The normalized spacial score (nSPS) is 11.9. The van der Waals surface area contributed by atoms with Crippen LogP contribution in [-0.2, 0) is 11.8 Å². The summed E-state index contributed by atoms with van der Waals surface area (Å²) in [6, 6.07) is 13.3. The molecule has 0 spiro atoms. The van der Waals surface area contributed by atoms with E-state index in [1.807, 2.05) is 42.5 Å². The molecule has 110 valence electrons. The molecule has 0 aliphatic heterocycles. The molecule has 0 radical (unpaired) electrons. The summed E-state index contributed by atoms with van der Waals surface area (Å²) in [7, 11) is 1.76. The second-order valence-electron chi connectivity index (χ2n) is 4.88. The van der Waals surface area contributed by atoms with Gasteiger partial charge in [-0.2, -0.15) is 5.10 Å². The van der Waals surface area contributed by atoms with Crippen LogP contribution >= 0.6 is 0 Å². The molecule has 1 aromatic carbocycles. The van der Waals surface area contributed by atoms with Crippen LogP contribution < -0.4 is 0 Å². The summed E-state index contributed by atoms with van der Waals surface area (Å²) in [6.07, 6.45) is 6.03. The van der Waals surface area contributed by atoms with E-state index in [0.29, 0.717) is 5.56 Å². The molecule has 1 atom stereocenters. The number of ether oxygens (including phenoxy) is 1. The number of benzene rings is 1. The number of carbonyl (C=O) groups is 1. The van der Waals surface area contributed by atoms with Crippen molar-refractivity contribution in [3.8, 4) is 0 Å². The lowest BCUT2D eigenvalue weighted by Gasteiger charge is -2.18. The van der Waals surface area contributed by atoms with E-state index in [0.717, 1.165) is 11.1 Å². The number of hydrogen-bond acceptors (Lipinski definition) is 4. The number of aromatic nitrogens is 3. The van der Waals surface area contributed by atoms with Crippen LogP contribution in [-0.4, -0.2) is 20.7 Å². The van der Waals surface area contributed by atoms with Crippen LogP contribution in [0.15, 0.2) is 67.3 Å². The molecule has 0 bridgehead atoms. The fraction of sp³-hybridized carbons (Fsp3) is 0.118. The number of rotatable bonds is 4. The van der Waals surface area contributed by atoms with Gasteiger partial charge in [-0.3, -0.25) is 9.67 Å². The van der Waals surface area contributed by atoms with E-state index in [4.69, 9.17) is 4.74 Å². The fourth-order valence-electron chi connectivity index (χ4n) is 2.20. The highest BCUT2D eigenvalue weighted by molar-refractivity contribution is 5.89. The Morgan fingerprint density at radius 3 is 2.41 bits per heavy atom. The Hall–Kier alpha value is -2.95. The third-order valence-electron chi connectivity index (χ3n) is 3.28. The van der Waals surface area contributed by atoms with Crippen molar-refractivity contribution in [2.75, 3.05) is 0 Å². The summed E-state index contributed by atoms with van der Waals surface area (Å²) in [6.45, 7) is 0. The summed E-state index contributed by atoms with van der Waals surface area (Å²) in [5, 5.41) is 4.00. The maximum atomic E-state index is 12.3. The molecule has 0 amide bonds. The van der Waals surface area contributed by atoms with Gasteiger partial charge in [0.05, 0.1) is 11.8 Å². The summed E-state index contributed by atoms with van der Waals surface area (Å²) < 4.78 is 7.27. The number of hydrogen-bond donors (Lipinski definition) is 0. The average Bonchev–Trinajstić information content (AvgIpc) is 3.01. The third kappa shape index (κ3) is 3.03. The van der Waals surface area contributed by atoms with Crippen LogP contribution in [0, 0.1) is 0 Å². The third-order valence-corrected chi connectivity index (χ3v) is 3.28. The van der Waals surface area contributed by atoms with Gasteiger partial charge in [0.1, 0.15) is 0 Å². The largest absolute Gasteiger partial charge is 0.449 e. The first kappa shape index (κ1) is 14.0. The number of nitrogens with zero attached hydrogens (tertiary/aromatic N) is 3. The van der Waals surface area contributed by atoms with Crippen molar-refractivity contribution in [1.29, 1.82) is 0 Å². The molecule has 5 nitrogen and oxygen atoms in total. The van der Waals surface area contributed by atoms with Gasteiger partial charge in [-0.1, -0.05) is 30.3 Å². The van der Waals surface area contributed by atoms with Gasteiger partial charge in [0.2, 0.25) is 0 Å². The van der Waals surface area contributed by atoms with E-state index in [2.05, 4.69) is 10.1 Å². The van der Waals surface area contributed by atoms with Crippen LogP contribution in [0.1, 0.15) is 27.6 Å². The Balaban J connectivity index is 1.91. The van der Waals surface area contributed by atoms with Crippen LogP contribution in [0.25, 0.3) is 0 Å². The van der Waals surface area contributed by atoms with E-state index in [-0.39, 0.29) is 0 Å². The number of carbonyl (C=O) groups excluding carboxylic acids is 1. The summed E-state index contributed by atoms with van der Waals surface area (Å²) in [4.78, 5) is 16.3. The van der Waals surface area contributed by atoms with Crippen LogP contribution in [0.5, 0.6) is 0 Å². The van der Waals surface area contributed by atoms with Crippen molar-refractivity contribution in [2.45, 2.75) is 6.10 Å². The molecule has 5 heteroatoms. The first-order valence-electron chi connectivity index (χ1n) is 6.88. The monoisotopic (exact) mass is 293 g/mol. The number of esters is 1. The van der Waals surface area contributed by atoms with Gasteiger partial charge in [0.25, 0.3) is 0 Å². The number of aryl methyl sites for hydroxylation is 1. The second kappa shape index (κ2) is 6.22. The van der Waals surface area contributed by atoms with Gasteiger partial charge in [-0.25, -0.2) is 4.79 Å². The molecule has 3 aromatic rings. The van der Waals surface area contributed by atoms with Crippen molar-refractivity contribution < 1.29 is 9.53 Å². The molecule has 0 aliphatic carbocycles. The van der Waals surface area contributed by atoms with Gasteiger partial charge in [0.15, 0.2) is 6.10 Å². The summed E-state index contributed by atoms with van der Waals surface area (Å²) in [5.74, 6) is -0.404. The van der Waals surface area contributed by atoms with E-state index in [9.17, 15) is 4.79 Å². The Labute approximate surface area is 128 Å². The van der Waals surface area contributed by atoms with Gasteiger partial charge in [0, 0.05) is 31.2 Å². The standard InChI is InChI=1S/C17H15N3O2/c1-20-12-15(11-19-20)17(21)22-16(13-5-3-2-4-6-13)14-7-9-18-10-8-14/h2-12,16H,1H3/t16-/m0/s1. The molecule has 0 fully saturated rings. The molecule has 0 unspecified atom stereocenters. The molecule has 22 heavy (non-hydrogen) atoms. The predicted molar refractivity (Wildman–Crippen MR) is 81.1 cm³/mol. The molecule has 0 aliphatic rings. The van der Waals surface area contributed by atoms with Crippen LogP contribution in [0.4, 0.5) is 0 Å². The van der Waals surface area contributed by atoms with Gasteiger partial charge in [-0.15, -0.1) is 0 Å². The van der Waals surface area contributed by atoms with E-state index >= 15 is 0 Å². The lowest BCUT2D eigenvalue weighted by Crippen LogP contribution is -2.12. The van der Waals surface area contributed by atoms with Crippen LogP contribution in [0.2, 0.25) is 0 Å². The van der Waals surface area contributed by atoms with E-state index in [1.165, 1.54) is 6.20 Å². The van der Waals surface area contributed by atoms with Crippen molar-refractivity contribution in [1.82, 2.24) is 14.8 Å². The quantitative estimate of drug-likeness (QED) is 0.694. The second-order valence-corrected chi connectivity index (χ2v) is 4.88. The molecule has 0 saturated heterocycles. The highest BCUT2D eigenvalue weighted by atomic mass is 16.5. The predicted octanol–water partition coefficient (Wildman–Crippen LogP) is 2.76. The molecule has 2 aromatic heterocycles. The van der Waals surface area contributed by atoms with Crippen molar-refractivity contribution in [3.63, 3.8) is 0 Å². The van der Waals surface area contributed by atoms with Crippen molar-refractivity contribution in [2.24, 2.45) is 7.05 Å². The van der Waals surface area contributed by atoms with Crippen molar-refractivity contribution in [3.05, 3.63) is 83.9 Å². The van der Waals surface area contributed by atoms with Gasteiger partial charge < -0.3 is 4.74 Å². The van der Waals surface area contributed by atoms with Crippen molar-refractivity contribution >= 4 is 5.97 Å². The SMILES string of the molecule is Cn1cc(C(=O)O[C@@H](c2ccccc2)c2ccncc2)cn1. The minimum Gasteiger partial charge on any atom is -0.449 e. The lowest BCUT2D eigenvalue weighted by atomic mass is 10.0. The molecular weight excluding hydrogens is 278 g/mol. The van der Waals surface area contributed by atoms with E-state index in [1.54, 1.807) is 30.3 Å². The zero-order chi connectivity index (χ0) is 15.4. The number of pyridine rings is 1. The lowest BCUT2D eigenvalue weighted by molar-refractivity contribution is 0.0378. The maximum absolute atomic E-state index is 12.3. The summed E-state index contributed by atoms with van der Waals surface area (Å²) in [5.41, 5.74) is 2.21. The Bertz CT molecular complexity index is 714. The molecule has 3 rings (SSSR count). The average molecular weight is 293 g/mol. The Morgan fingerprint density at radius 1 is 1.09 bits per heavy atom. The Morgan fingerprint density at radius 2 is 1.77 bits per heavy atom. The van der Waals surface area contributed by atoms with Gasteiger partial charge in [-0.05, 0) is 17.7 Å². The first-order valence-corrected chi connectivity index (χ1v) is 6.88. The first-order chi connectivity index (χ1) is 10.7. The van der Waals surface area contributed by atoms with Gasteiger partial charge >= 0.3 is 5.97 Å². The Kier molecular flexibility index (Phi) is 3.96. The minimum atomic E-state index is -0.475. The zero-order valence-electron chi connectivity index (χ0n) is 12.1. The zero-order valence-corrected chi connectivity index (χ0v) is 12.1. The highest BCUT2D eigenvalue weighted by Crippen LogP contribution is 2.26. The smallest absolute Gasteiger partial charge is 0.342 e. The van der Waals surface area contributed by atoms with Crippen LogP contribution in [0.3, 0.4) is 0 Å². The maximum Gasteiger partial charge on any atom is 0.342 e. The molecule has 2 heterocycles. The molecule has 0 saturated carbocycles. The molecule has 0 N–H and O–H groups in total. The summed E-state index contributed by atoms with van der Waals surface area (Å²) >= 11 is 0.